The Kier molecular flexibility index (Phi) is 3.73. The summed E-state index contributed by atoms with van der Waals surface area (Å²) in [5.41, 5.74) is 2.52. The maximum absolute atomic E-state index is 8.79. The summed E-state index contributed by atoms with van der Waals surface area (Å²) in [7, 11) is 0. The van der Waals surface area contributed by atoms with Crippen LogP contribution in [0.3, 0.4) is 0 Å². The summed E-state index contributed by atoms with van der Waals surface area (Å²) >= 11 is 3.33. The number of benzene rings is 1. The van der Waals surface area contributed by atoms with Crippen LogP contribution < -0.4 is 5.32 Å². The predicted molar refractivity (Wildman–Crippen MR) is 70.4 cm³/mol. The van der Waals surface area contributed by atoms with Gasteiger partial charge in [-0.1, -0.05) is 12.1 Å². The lowest BCUT2D eigenvalue weighted by Gasteiger charge is -2.06. The second-order valence-corrected chi connectivity index (χ2v) is 4.31. The van der Waals surface area contributed by atoms with E-state index in [0.717, 1.165) is 16.0 Å². The van der Waals surface area contributed by atoms with E-state index in [9.17, 15) is 0 Å². The molecule has 17 heavy (non-hydrogen) atoms. The van der Waals surface area contributed by atoms with Crippen LogP contribution in [0.5, 0.6) is 0 Å². The molecular formula is C13H10BrN3. The van der Waals surface area contributed by atoms with Crippen molar-refractivity contribution in [3.8, 4) is 6.07 Å². The lowest BCUT2D eigenvalue weighted by molar-refractivity contribution is 1.03. The van der Waals surface area contributed by atoms with Gasteiger partial charge in [-0.15, -0.1) is 0 Å². The fourth-order valence-electron chi connectivity index (χ4n) is 1.44. The second-order valence-electron chi connectivity index (χ2n) is 3.50. The van der Waals surface area contributed by atoms with E-state index in [1.165, 1.54) is 0 Å². The molecule has 0 aliphatic heterocycles. The largest absolute Gasteiger partial charge is 0.379 e. The minimum absolute atomic E-state index is 0.633. The number of anilines is 1. The third-order valence-corrected chi connectivity index (χ3v) is 2.68. The van der Waals surface area contributed by atoms with E-state index in [1.807, 2.05) is 36.4 Å². The van der Waals surface area contributed by atoms with Crippen LogP contribution in [0.1, 0.15) is 11.3 Å². The van der Waals surface area contributed by atoms with Crippen molar-refractivity contribution in [1.82, 2.24) is 4.98 Å². The molecular weight excluding hydrogens is 278 g/mol. The Bertz CT molecular complexity index is 561. The standard InChI is InChI=1S/C13H10BrN3/c14-13-6-2-5-12(17-13)9-16-11-4-1-3-10(7-11)8-15/h1-7,16H,9H2. The summed E-state index contributed by atoms with van der Waals surface area (Å²) in [6.45, 7) is 0.633. The highest BCUT2D eigenvalue weighted by atomic mass is 79.9. The van der Waals surface area contributed by atoms with Crippen LogP contribution in [0, 0.1) is 11.3 Å². The van der Waals surface area contributed by atoms with Gasteiger partial charge in [0.25, 0.3) is 0 Å². The van der Waals surface area contributed by atoms with Gasteiger partial charge < -0.3 is 5.32 Å². The zero-order valence-electron chi connectivity index (χ0n) is 9.02. The summed E-state index contributed by atoms with van der Waals surface area (Å²) in [4.78, 5) is 4.32. The molecule has 2 aromatic rings. The Balaban J connectivity index is 2.05. The molecule has 4 heteroatoms. The second kappa shape index (κ2) is 5.46. The molecule has 1 aromatic carbocycles. The van der Waals surface area contributed by atoms with Gasteiger partial charge >= 0.3 is 0 Å². The van der Waals surface area contributed by atoms with E-state index < -0.39 is 0 Å². The fourth-order valence-corrected chi connectivity index (χ4v) is 1.82. The summed E-state index contributed by atoms with van der Waals surface area (Å²) in [5.74, 6) is 0. The Morgan fingerprint density at radius 3 is 2.82 bits per heavy atom. The van der Waals surface area contributed by atoms with Crippen molar-refractivity contribution in [2.75, 3.05) is 5.32 Å². The number of aromatic nitrogens is 1. The summed E-state index contributed by atoms with van der Waals surface area (Å²) in [5, 5.41) is 12.0. The topological polar surface area (TPSA) is 48.7 Å². The van der Waals surface area contributed by atoms with Gasteiger partial charge in [-0.05, 0) is 46.3 Å². The van der Waals surface area contributed by atoms with Crippen LogP contribution in [-0.4, -0.2) is 4.98 Å². The summed E-state index contributed by atoms with van der Waals surface area (Å²) < 4.78 is 0.822. The van der Waals surface area contributed by atoms with Crippen molar-refractivity contribution < 1.29 is 0 Å². The first kappa shape index (κ1) is 11.6. The molecule has 0 aliphatic rings. The predicted octanol–water partition coefficient (Wildman–Crippen LogP) is 3.33. The molecule has 84 valence electrons. The van der Waals surface area contributed by atoms with Crippen molar-refractivity contribution >= 4 is 21.6 Å². The highest BCUT2D eigenvalue weighted by Gasteiger charge is 1.97. The Hall–Kier alpha value is -1.86. The van der Waals surface area contributed by atoms with E-state index in [2.05, 4.69) is 32.3 Å². The van der Waals surface area contributed by atoms with Crippen LogP contribution in [0.4, 0.5) is 5.69 Å². The van der Waals surface area contributed by atoms with Crippen LogP contribution in [0.2, 0.25) is 0 Å². The van der Waals surface area contributed by atoms with Gasteiger partial charge in [0.2, 0.25) is 0 Å². The van der Waals surface area contributed by atoms with Crippen molar-refractivity contribution in [3.63, 3.8) is 0 Å². The van der Waals surface area contributed by atoms with E-state index in [-0.39, 0.29) is 0 Å². The third kappa shape index (κ3) is 3.30. The molecule has 0 bridgehead atoms. The molecule has 0 amide bonds. The Labute approximate surface area is 108 Å². The zero-order valence-corrected chi connectivity index (χ0v) is 10.6. The lowest BCUT2D eigenvalue weighted by atomic mass is 10.2. The Morgan fingerprint density at radius 2 is 2.06 bits per heavy atom. The molecule has 2 rings (SSSR count). The number of rotatable bonds is 3. The molecule has 0 radical (unpaired) electrons. The first-order valence-electron chi connectivity index (χ1n) is 5.13. The van der Waals surface area contributed by atoms with E-state index in [0.29, 0.717) is 12.1 Å². The maximum atomic E-state index is 8.79. The normalized spacial score (nSPS) is 9.65. The van der Waals surface area contributed by atoms with Gasteiger partial charge in [-0.3, -0.25) is 0 Å². The fraction of sp³-hybridized carbons (Fsp3) is 0.0769. The van der Waals surface area contributed by atoms with Gasteiger partial charge in [-0.2, -0.15) is 5.26 Å². The van der Waals surface area contributed by atoms with Crippen LogP contribution in [0.25, 0.3) is 0 Å². The molecule has 0 saturated heterocycles. The number of hydrogen-bond donors (Lipinski definition) is 1. The molecule has 1 N–H and O–H groups in total. The Morgan fingerprint density at radius 1 is 1.24 bits per heavy atom. The van der Waals surface area contributed by atoms with E-state index >= 15 is 0 Å². The number of nitrogens with one attached hydrogen (secondary N) is 1. The molecule has 0 fully saturated rings. The minimum atomic E-state index is 0.633. The SMILES string of the molecule is N#Cc1cccc(NCc2cccc(Br)n2)c1. The molecule has 0 atom stereocenters. The van der Waals surface area contributed by atoms with Gasteiger partial charge in [0.1, 0.15) is 4.60 Å². The summed E-state index contributed by atoms with van der Waals surface area (Å²) in [6, 6.07) is 15.3. The van der Waals surface area contributed by atoms with Crippen LogP contribution >= 0.6 is 15.9 Å². The van der Waals surface area contributed by atoms with Gasteiger partial charge in [0.05, 0.1) is 23.9 Å². The number of nitrogens with zero attached hydrogens (tertiary/aromatic N) is 2. The number of pyridine rings is 1. The van der Waals surface area contributed by atoms with Gasteiger partial charge in [0, 0.05) is 5.69 Å². The minimum Gasteiger partial charge on any atom is -0.379 e. The number of nitriles is 1. The van der Waals surface area contributed by atoms with Crippen LogP contribution in [-0.2, 0) is 6.54 Å². The van der Waals surface area contributed by atoms with Crippen molar-refractivity contribution in [2.24, 2.45) is 0 Å². The average molecular weight is 288 g/mol. The maximum Gasteiger partial charge on any atom is 0.106 e. The third-order valence-electron chi connectivity index (χ3n) is 2.24. The highest BCUT2D eigenvalue weighted by molar-refractivity contribution is 9.10. The molecule has 3 nitrogen and oxygen atoms in total. The van der Waals surface area contributed by atoms with Crippen molar-refractivity contribution in [3.05, 3.63) is 58.3 Å². The first-order chi connectivity index (χ1) is 8.28. The molecule has 0 unspecified atom stereocenters. The van der Waals surface area contributed by atoms with Gasteiger partial charge in [-0.25, -0.2) is 4.98 Å². The number of hydrogen-bond acceptors (Lipinski definition) is 3. The zero-order chi connectivity index (χ0) is 12.1. The highest BCUT2D eigenvalue weighted by Crippen LogP contribution is 2.12. The number of halogens is 1. The molecule has 0 aliphatic carbocycles. The monoisotopic (exact) mass is 287 g/mol. The molecule has 0 saturated carbocycles. The average Bonchev–Trinajstić information content (AvgIpc) is 2.37. The smallest absolute Gasteiger partial charge is 0.106 e. The van der Waals surface area contributed by atoms with Crippen molar-refractivity contribution in [2.45, 2.75) is 6.54 Å². The quantitative estimate of drug-likeness (QED) is 0.881. The van der Waals surface area contributed by atoms with Crippen molar-refractivity contribution in [1.29, 1.82) is 5.26 Å². The molecule has 1 heterocycles. The first-order valence-corrected chi connectivity index (χ1v) is 5.93. The lowest BCUT2D eigenvalue weighted by Crippen LogP contribution is -2.01. The van der Waals surface area contributed by atoms with Gasteiger partial charge in [0.15, 0.2) is 0 Å². The summed E-state index contributed by atoms with van der Waals surface area (Å²) in [6.07, 6.45) is 0. The van der Waals surface area contributed by atoms with E-state index in [1.54, 1.807) is 6.07 Å². The molecule has 1 aromatic heterocycles. The molecule has 0 spiro atoms. The van der Waals surface area contributed by atoms with Crippen LogP contribution in [0.15, 0.2) is 47.1 Å². The van der Waals surface area contributed by atoms with E-state index in [4.69, 9.17) is 5.26 Å².